The van der Waals surface area contributed by atoms with Gasteiger partial charge in [0.25, 0.3) is 0 Å². The van der Waals surface area contributed by atoms with E-state index in [1.165, 1.54) is 0 Å². The summed E-state index contributed by atoms with van der Waals surface area (Å²) in [6.45, 7) is 2.07. The van der Waals surface area contributed by atoms with Gasteiger partial charge in [-0.2, -0.15) is 5.10 Å². The molecule has 0 fully saturated rings. The van der Waals surface area contributed by atoms with Crippen LogP contribution in [0.2, 0.25) is 0 Å². The van der Waals surface area contributed by atoms with Crippen molar-refractivity contribution in [2.45, 2.75) is 13.3 Å². The van der Waals surface area contributed by atoms with Crippen LogP contribution in [0.4, 0.5) is 0 Å². The summed E-state index contributed by atoms with van der Waals surface area (Å²) in [7, 11) is 0. The molecule has 0 radical (unpaired) electrons. The Morgan fingerprint density at radius 3 is 2.90 bits per heavy atom. The van der Waals surface area contributed by atoms with Gasteiger partial charge in [-0.05, 0) is 41.3 Å². The molecule has 0 aliphatic carbocycles. The summed E-state index contributed by atoms with van der Waals surface area (Å²) in [5, 5.41) is 7.96. The zero-order valence-corrected chi connectivity index (χ0v) is 11.2. The first kappa shape index (κ1) is 12.4. The number of nitrogens with two attached hydrogens (primary N) is 1. The molecule has 0 bridgehead atoms. The van der Waals surface area contributed by atoms with Crippen molar-refractivity contribution in [3.8, 4) is 11.1 Å². The number of rotatable bonds is 3. The van der Waals surface area contributed by atoms with Crippen LogP contribution in [-0.2, 0) is 6.42 Å². The standard InChI is InChI=1S/C16H15N3O/c1-2-10-4-3-5-13(16(17)20)15(10)11-6-7-14-12(8-11)9-18-19-14/h3-9H,2H2,1H3,(H2,17,20)(H,18,19). The molecule has 1 amide bonds. The smallest absolute Gasteiger partial charge is 0.249 e. The van der Waals surface area contributed by atoms with E-state index in [1.807, 2.05) is 30.3 Å². The van der Waals surface area contributed by atoms with E-state index in [0.717, 1.165) is 34.0 Å². The summed E-state index contributed by atoms with van der Waals surface area (Å²) in [5.74, 6) is -0.400. The lowest BCUT2D eigenvalue weighted by atomic mass is 9.92. The summed E-state index contributed by atoms with van der Waals surface area (Å²) in [6.07, 6.45) is 2.62. The average Bonchev–Trinajstić information content (AvgIpc) is 2.93. The number of aromatic amines is 1. The fraction of sp³-hybridized carbons (Fsp3) is 0.125. The fourth-order valence-corrected chi connectivity index (χ4v) is 2.54. The Morgan fingerprint density at radius 2 is 2.15 bits per heavy atom. The van der Waals surface area contributed by atoms with Gasteiger partial charge < -0.3 is 5.73 Å². The molecule has 0 spiro atoms. The number of nitrogens with zero attached hydrogens (tertiary/aromatic N) is 1. The predicted molar refractivity (Wildman–Crippen MR) is 79.4 cm³/mol. The van der Waals surface area contributed by atoms with Crippen LogP contribution in [0.25, 0.3) is 22.0 Å². The van der Waals surface area contributed by atoms with Crippen molar-refractivity contribution in [2.24, 2.45) is 5.73 Å². The van der Waals surface area contributed by atoms with Crippen LogP contribution in [0.15, 0.2) is 42.6 Å². The summed E-state index contributed by atoms with van der Waals surface area (Å²) in [4.78, 5) is 11.7. The number of carbonyl (C=O) groups is 1. The monoisotopic (exact) mass is 265 g/mol. The summed E-state index contributed by atoms with van der Waals surface area (Å²) >= 11 is 0. The molecule has 3 aromatic rings. The number of hydrogen-bond acceptors (Lipinski definition) is 2. The van der Waals surface area contributed by atoms with Gasteiger partial charge in [0.1, 0.15) is 0 Å². The molecule has 4 nitrogen and oxygen atoms in total. The molecule has 1 aromatic heterocycles. The number of fused-ring (bicyclic) bond motifs is 1. The van der Waals surface area contributed by atoms with E-state index >= 15 is 0 Å². The van der Waals surface area contributed by atoms with Crippen LogP contribution in [0.5, 0.6) is 0 Å². The molecule has 3 N–H and O–H groups in total. The first-order valence-electron chi connectivity index (χ1n) is 6.56. The lowest BCUT2D eigenvalue weighted by Gasteiger charge is -2.12. The van der Waals surface area contributed by atoms with Crippen molar-refractivity contribution in [2.75, 3.05) is 0 Å². The van der Waals surface area contributed by atoms with E-state index in [1.54, 1.807) is 12.3 Å². The Labute approximate surface area is 116 Å². The lowest BCUT2D eigenvalue weighted by molar-refractivity contribution is 0.100. The topological polar surface area (TPSA) is 71.8 Å². The van der Waals surface area contributed by atoms with Gasteiger partial charge >= 0.3 is 0 Å². The van der Waals surface area contributed by atoms with E-state index in [9.17, 15) is 4.79 Å². The summed E-state index contributed by atoms with van der Waals surface area (Å²) in [5.41, 5.74) is 10.1. The Morgan fingerprint density at radius 1 is 1.30 bits per heavy atom. The van der Waals surface area contributed by atoms with Crippen LogP contribution < -0.4 is 5.73 Å². The highest BCUT2D eigenvalue weighted by Gasteiger charge is 2.14. The molecular weight excluding hydrogens is 250 g/mol. The second kappa shape index (κ2) is 4.81. The Hall–Kier alpha value is -2.62. The Kier molecular flexibility index (Phi) is 2.99. The first-order chi connectivity index (χ1) is 9.70. The van der Waals surface area contributed by atoms with Crippen LogP contribution in [0, 0.1) is 0 Å². The number of H-pyrrole nitrogens is 1. The van der Waals surface area contributed by atoms with Gasteiger partial charge in [-0.25, -0.2) is 0 Å². The van der Waals surface area contributed by atoms with Gasteiger partial charge in [-0.15, -0.1) is 0 Å². The molecule has 0 atom stereocenters. The average molecular weight is 265 g/mol. The normalized spacial score (nSPS) is 10.8. The molecule has 100 valence electrons. The lowest BCUT2D eigenvalue weighted by Crippen LogP contribution is -2.13. The van der Waals surface area contributed by atoms with Gasteiger partial charge in [0.2, 0.25) is 5.91 Å². The number of carbonyl (C=O) groups excluding carboxylic acids is 1. The largest absolute Gasteiger partial charge is 0.366 e. The highest BCUT2D eigenvalue weighted by Crippen LogP contribution is 2.30. The van der Waals surface area contributed by atoms with Gasteiger partial charge in [0, 0.05) is 10.9 Å². The molecule has 20 heavy (non-hydrogen) atoms. The molecule has 1 heterocycles. The van der Waals surface area contributed by atoms with Gasteiger partial charge in [-0.3, -0.25) is 9.89 Å². The van der Waals surface area contributed by atoms with E-state index in [-0.39, 0.29) is 0 Å². The van der Waals surface area contributed by atoms with Crippen LogP contribution in [0.1, 0.15) is 22.8 Å². The van der Waals surface area contributed by atoms with E-state index in [0.29, 0.717) is 5.56 Å². The second-order valence-corrected chi connectivity index (χ2v) is 4.73. The van der Waals surface area contributed by atoms with Gasteiger partial charge in [-0.1, -0.05) is 25.1 Å². The van der Waals surface area contributed by atoms with E-state index in [2.05, 4.69) is 17.1 Å². The van der Waals surface area contributed by atoms with Crippen LogP contribution in [-0.4, -0.2) is 16.1 Å². The molecule has 0 unspecified atom stereocenters. The highest BCUT2D eigenvalue weighted by atomic mass is 16.1. The van der Waals surface area contributed by atoms with E-state index < -0.39 is 5.91 Å². The third kappa shape index (κ3) is 1.95. The number of aryl methyl sites for hydroxylation is 1. The first-order valence-corrected chi connectivity index (χ1v) is 6.56. The van der Waals surface area contributed by atoms with Gasteiger partial charge in [0.05, 0.1) is 11.7 Å². The summed E-state index contributed by atoms with van der Waals surface area (Å²) < 4.78 is 0. The number of primary amides is 1. The maximum Gasteiger partial charge on any atom is 0.249 e. The fourth-order valence-electron chi connectivity index (χ4n) is 2.54. The second-order valence-electron chi connectivity index (χ2n) is 4.73. The van der Waals surface area contributed by atoms with Crippen molar-refractivity contribution >= 4 is 16.8 Å². The third-order valence-electron chi connectivity index (χ3n) is 3.53. The minimum absolute atomic E-state index is 0.400. The number of aromatic nitrogens is 2. The zero-order valence-electron chi connectivity index (χ0n) is 11.2. The number of benzene rings is 2. The van der Waals surface area contributed by atoms with Crippen LogP contribution >= 0.6 is 0 Å². The molecule has 0 aliphatic rings. The minimum atomic E-state index is -0.400. The molecule has 4 heteroatoms. The van der Waals surface area contributed by atoms with Gasteiger partial charge in [0.15, 0.2) is 0 Å². The predicted octanol–water partition coefficient (Wildman–Crippen LogP) is 2.89. The number of amides is 1. The van der Waals surface area contributed by atoms with Crippen LogP contribution in [0.3, 0.4) is 0 Å². The van der Waals surface area contributed by atoms with Crippen molar-refractivity contribution < 1.29 is 4.79 Å². The molecular formula is C16H15N3O. The Balaban J connectivity index is 2.28. The number of hydrogen-bond donors (Lipinski definition) is 2. The quantitative estimate of drug-likeness (QED) is 0.764. The zero-order chi connectivity index (χ0) is 14.1. The van der Waals surface area contributed by atoms with Crippen molar-refractivity contribution in [3.63, 3.8) is 0 Å². The molecule has 0 aliphatic heterocycles. The maximum atomic E-state index is 11.7. The van der Waals surface area contributed by atoms with Crippen molar-refractivity contribution in [1.82, 2.24) is 10.2 Å². The maximum absolute atomic E-state index is 11.7. The van der Waals surface area contributed by atoms with Crippen molar-refractivity contribution in [3.05, 3.63) is 53.7 Å². The minimum Gasteiger partial charge on any atom is -0.366 e. The molecule has 0 saturated heterocycles. The SMILES string of the molecule is CCc1cccc(C(N)=O)c1-c1ccc2[nH]ncc2c1. The third-order valence-corrected chi connectivity index (χ3v) is 3.53. The molecule has 2 aromatic carbocycles. The number of nitrogens with one attached hydrogen (secondary N) is 1. The van der Waals surface area contributed by atoms with Crippen molar-refractivity contribution in [1.29, 1.82) is 0 Å². The molecule has 3 rings (SSSR count). The summed E-state index contributed by atoms with van der Waals surface area (Å²) in [6, 6.07) is 11.7. The van der Waals surface area contributed by atoms with E-state index in [4.69, 9.17) is 5.73 Å². The molecule has 0 saturated carbocycles. The Bertz CT molecular complexity index is 789. The highest BCUT2D eigenvalue weighted by molar-refractivity contribution is 6.01.